The summed E-state index contributed by atoms with van der Waals surface area (Å²) < 4.78 is 4.28. The summed E-state index contributed by atoms with van der Waals surface area (Å²) in [5.41, 5.74) is 4.16. The van der Waals surface area contributed by atoms with Crippen LogP contribution in [-0.4, -0.2) is 40.9 Å². The second kappa shape index (κ2) is 7.14. The van der Waals surface area contributed by atoms with E-state index in [0.717, 1.165) is 30.2 Å². The molecule has 2 N–H and O–H groups in total. The van der Waals surface area contributed by atoms with E-state index in [1.165, 1.54) is 22.7 Å². The Balaban J connectivity index is 1.66. The summed E-state index contributed by atoms with van der Waals surface area (Å²) in [4.78, 5) is 15.1. The van der Waals surface area contributed by atoms with E-state index in [1.54, 1.807) is 0 Å². The Labute approximate surface area is 153 Å². The Kier molecular flexibility index (Phi) is 5.11. The number of amides is 1. The van der Waals surface area contributed by atoms with Crippen LogP contribution >= 0.6 is 11.5 Å². The molecule has 0 saturated carbocycles. The topological polar surface area (TPSA) is 57.3 Å². The van der Waals surface area contributed by atoms with Crippen molar-refractivity contribution in [3.8, 4) is 0 Å². The fourth-order valence-corrected chi connectivity index (χ4v) is 4.06. The fourth-order valence-electron chi connectivity index (χ4n) is 3.32. The molecule has 6 heteroatoms. The van der Waals surface area contributed by atoms with Gasteiger partial charge in [-0.1, -0.05) is 24.3 Å². The molecular weight excluding hydrogens is 332 g/mol. The number of fused-ring (bicyclic) bond motifs is 1. The lowest BCUT2D eigenvalue weighted by molar-refractivity contribution is 0.0826. The second-order valence-electron chi connectivity index (χ2n) is 7.16. The lowest BCUT2D eigenvalue weighted by Crippen LogP contribution is -2.53. The van der Waals surface area contributed by atoms with Crippen molar-refractivity contribution >= 4 is 22.4 Å². The maximum atomic E-state index is 12.6. The van der Waals surface area contributed by atoms with Gasteiger partial charge in [0.25, 0.3) is 5.91 Å². The van der Waals surface area contributed by atoms with Gasteiger partial charge in [-0.2, -0.15) is 4.37 Å². The van der Waals surface area contributed by atoms with E-state index >= 15 is 0 Å². The largest absolute Gasteiger partial charge is 0.378 e. The zero-order chi connectivity index (χ0) is 18.0. The number of carbonyl (C=O) groups excluding carboxylic acids is 1. The second-order valence-corrected chi connectivity index (χ2v) is 7.93. The van der Waals surface area contributed by atoms with Crippen LogP contribution in [0.4, 0.5) is 5.00 Å². The van der Waals surface area contributed by atoms with Gasteiger partial charge in [0.15, 0.2) is 0 Å². The first-order valence-corrected chi connectivity index (χ1v) is 9.44. The average molecular weight is 359 g/mol. The Hall–Kier alpha value is -1.92. The van der Waals surface area contributed by atoms with Crippen LogP contribution in [0.15, 0.2) is 24.3 Å². The van der Waals surface area contributed by atoms with Crippen LogP contribution in [0.2, 0.25) is 0 Å². The highest BCUT2D eigenvalue weighted by Crippen LogP contribution is 2.26. The van der Waals surface area contributed by atoms with Gasteiger partial charge in [0.05, 0.1) is 11.3 Å². The first-order valence-electron chi connectivity index (χ1n) is 8.66. The third-order valence-electron chi connectivity index (χ3n) is 4.99. The van der Waals surface area contributed by atoms with Crippen LogP contribution < -0.4 is 10.6 Å². The molecular formula is C19H26N4OS. The minimum absolute atomic E-state index is 0.0546. The standard InChI is InChI=1S/C19H26N4OS/c1-13-16(18(20-4)25-22-13)17(24)21-12-19(2,3)23-10-9-14-7-5-6-8-15(14)11-23/h5-8,20H,9-12H2,1-4H3,(H,21,24). The van der Waals surface area contributed by atoms with Gasteiger partial charge in [0.1, 0.15) is 5.00 Å². The Morgan fingerprint density at radius 2 is 2.04 bits per heavy atom. The molecule has 2 heterocycles. The smallest absolute Gasteiger partial charge is 0.256 e. The molecule has 0 spiro atoms. The first-order chi connectivity index (χ1) is 11.9. The highest BCUT2D eigenvalue weighted by Gasteiger charge is 2.30. The SMILES string of the molecule is CNc1snc(C)c1C(=O)NCC(C)(C)N1CCc2ccccc2C1. The molecule has 0 radical (unpaired) electrons. The lowest BCUT2D eigenvalue weighted by Gasteiger charge is -2.41. The predicted octanol–water partition coefficient (Wildman–Crippen LogP) is 3.06. The van der Waals surface area contributed by atoms with E-state index in [0.29, 0.717) is 12.1 Å². The molecule has 25 heavy (non-hydrogen) atoms. The van der Waals surface area contributed by atoms with E-state index in [2.05, 4.69) is 58.0 Å². The zero-order valence-corrected chi connectivity index (χ0v) is 16.2. The van der Waals surface area contributed by atoms with E-state index in [-0.39, 0.29) is 11.4 Å². The van der Waals surface area contributed by atoms with Crippen LogP contribution in [0.3, 0.4) is 0 Å². The minimum atomic E-state index is -0.111. The highest BCUT2D eigenvalue weighted by atomic mass is 32.1. The molecule has 0 unspecified atom stereocenters. The van der Waals surface area contributed by atoms with Gasteiger partial charge in [-0.15, -0.1) is 0 Å². The summed E-state index contributed by atoms with van der Waals surface area (Å²) in [5.74, 6) is -0.0546. The van der Waals surface area contributed by atoms with Crippen molar-refractivity contribution in [1.29, 1.82) is 0 Å². The number of nitrogens with one attached hydrogen (secondary N) is 2. The third-order valence-corrected chi connectivity index (χ3v) is 5.94. The number of aryl methyl sites for hydroxylation is 1. The number of rotatable bonds is 5. The lowest BCUT2D eigenvalue weighted by atomic mass is 9.94. The van der Waals surface area contributed by atoms with E-state index in [9.17, 15) is 4.79 Å². The van der Waals surface area contributed by atoms with Crippen LogP contribution in [0, 0.1) is 6.92 Å². The number of carbonyl (C=O) groups is 1. The number of aromatic nitrogens is 1. The van der Waals surface area contributed by atoms with Gasteiger partial charge >= 0.3 is 0 Å². The van der Waals surface area contributed by atoms with Crippen molar-refractivity contribution in [1.82, 2.24) is 14.6 Å². The van der Waals surface area contributed by atoms with Crippen molar-refractivity contribution in [2.75, 3.05) is 25.5 Å². The molecule has 5 nitrogen and oxygen atoms in total. The zero-order valence-electron chi connectivity index (χ0n) is 15.3. The number of hydrogen-bond acceptors (Lipinski definition) is 5. The van der Waals surface area contributed by atoms with Crippen molar-refractivity contribution < 1.29 is 4.79 Å². The molecule has 3 rings (SSSR count). The highest BCUT2D eigenvalue weighted by molar-refractivity contribution is 7.10. The third kappa shape index (κ3) is 3.70. The molecule has 2 aromatic rings. The molecule has 1 amide bonds. The number of hydrogen-bond donors (Lipinski definition) is 2. The summed E-state index contributed by atoms with van der Waals surface area (Å²) >= 11 is 1.33. The Morgan fingerprint density at radius 3 is 2.76 bits per heavy atom. The summed E-state index contributed by atoms with van der Waals surface area (Å²) in [6.07, 6.45) is 1.06. The van der Waals surface area contributed by atoms with Crippen LogP contribution in [0.1, 0.15) is 41.0 Å². The predicted molar refractivity (Wildman–Crippen MR) is 103 cm³/mol. The van der Waals surface area contributed by atoms with Gasteiger partial charge < -0.3 is 10.6 Å². The average Bonchev–Trinajstić information content (AvgIpc) is 3.00. The van der Waals surface area contributed by atoms with E-state index in [1.807, 2.05) is 14.0 Å². The number of benzene rings is 1. The molecule has 1 aromatic carbocycles. The molecule has 0 saturated heterocycles. The minimum Gasteiger partial charge on any atom is -0.378 e. The van der Waals surface area contributed by atoms with E-state index in [4.69, 9.17) is 0 Å². The monoisotopic (exact) mass is 358 g/mol. The van der Waals surface area contributed by atoms with Gasteiger partial charge in [-0.25, -0.2) is 0 Å². The Morgan fingerprint density at radius 1 is 1.32 bits per heavy atom. The van der Waals surface area contributed by atoms with Crippen molar-refractivity contribution in [3.05, 3.63) is 46.6 Å². The maximum Gasteiger partial charge on any atom is 0.256 e. The molecule has 1 aromatic heterocycles. The van der Waals surface area contributed by atoms with Gasteiger partial charge in [-0.3, -0.25) is 9.69 Å². The molecule has 0 aliphatic carbocycles. The van der Waals surface area contributed by atoms with Crippen LogP contribution in [0.25, 0.3) is 0 Å². The van der Waals surface area contributed by atoms with Crippen molar-refractivity contribution in [3.63, 3.8) is 0 Å². The molecule has 0 bridgehead atoms. The summed E-state index contributed by atoms with van der Waals surface area (Å²) in [6, 6.07) is 8.63. The summed E-state index contributed by atoms with van der Waals surface area (Å²) in [5, 5.41) is 6.98. The van der Waals surface area contributed by atoms with E-state index < -0.39 is 0 Å². The summed E-state index contributed by atoms with van der Waals surface area (Å²) in [6.45, 7) is 8.81. The normalized spacial score (nSPS) is 14.9. The molecule has 1 aliphatic heterocycles. The number of nitrogens with zero attached hydrogens (tertiary/aromatic N) is 2. The van der Waals surface area contributed by atoms with Gasteiger partial charge in [0, 0.05) is 32.2 Å². The molecule has 1 aliphatic rings. The van der Waals surface area contributed by atoms with Gasteiger partial charge in [0.2, 0.25) is 0 Å². The van der Waals surface area contributed by atoms with Crippen LogP contribution in [0.5, 0.6) is 0 Å². The molecule has 0 fully saturated rings. The Bertz CT molecular complexity index is 769. The quantitative estimate of drug-likeness (QED) is 0.862. The first kappa shape index (κ1) is 17.9. The van der Waals surface area contributed by atoms with Crippen molar-refractivity contribution in [2.24, 2.45) is 0 Å². The molecule has 134 valence electrons. The summed E-state index contributed by atoms with van der Waals surface area (Å²) in [7, 11) is 1.82. The van der Waals surface area contributed by atoms with Gasteiger partial charge in [-0.05, 0) is 49.9 Å². The van der Waals surface area contributed by atoms with Crippen LogP contribution in [-0.2, 0) is 13.0 Å². The number of anilines is 1. The fraction of sp³-hybridized carbons (Fsp3) is 0.474. The van der Waals surface area contributed by atoms with Crippen molar-refractivity contribution in [2.45, 2.75) is 39.3 Å². The maximum absolute atomic E-state index is 12.6. The molecule has 0 atom stereocenters.